The molecule has 0 aliphatic carbocycles. The summed E-state index contributed by atoms with van der Waals surface area (Å²) >= 11 is 0. The van der Waals surface area contributed by atoms with E-state index in [-0.39, 0.29) is 67.4 Å². The molecular formula is C35H16F6N2O6. The average Bonchev–Trinajstić information content (AvgIpc) is 3.42. The summed E-state index contributed by atoms with van der Waals surface area (Å²) < 4.78 is 91.3. The van der Waals surface area contributed by atoms with Crippen molar-refractivity contribution in [3.63, 3.8) is 0 Å². The molecule has 8 nitrogen and oxygen atoms in total. The third kappa shape index (κ3) is 4.68. The Morgan fingerprint density at radius 3 is 1.18 bits per heavy atom. The minimum atomic E-state index is -6.31. The first kappa shape index (κ1) is 32.4. The van der Waals surface area contributed by atoms with E-state index in [1.807, 2.05) is 0 Å². The number of amides is 4. The number of phenols is 2. The van der Waals surface area contributed by atoms with E-state index in [0.717, 1.165) is 24.3 Å². The van der Waals surface area contributed by atoms with Crippen molar-refractivity contribution in [2.45, 2.75) is 17.8 Å². The van der Waals surface area contributed by atoms with Crippen LogP contribution in [0.3, 0.4) is 0 Å². The highest BCUT2D eigenvalue weighted by Gasteiger charge is 2.73. The number of aromatic hydroxyl groups is 2. The number of anilines is 2. The highest BCUT2D eigenvalue weighted by atomic mass is 19.4. The van der Waals surface area contributed by atoms with Crippen molar-refractivity contribution in [3.8, 4) is 36.2 Å². The summed E-state index contributed by atoms with van der Waals surface area (Å²) in [4.78, 5) is 53.4. The Hall–Kier alpha value is -6.54. The predicted octanol–water partition coefficient (Wildman–Crippen LogP) is 6.07. The smallest absolute Gasteiger partial charge is 0.411 e. The molecule has 0 saturated heterocycles. The van der Waals surface area contributed by atoms with Gasteiger partial charge in [-0.1, -0.05) is 11.8 Å². The van der Waals surface area contributed by atoms with Crippen molar-refractivity contribution in [2.24, 2.45) is 0 Å². The van der Waals surface area contributed by atoms with Crippen LogP contribution in [0.15, 0.2) is 72.8 Å². The Balaban J connectivity index is 1.56. The first-order valence-corrected chi connectivity index (χ1v) is 13.8. The van der Waals surface area contributed by atoms with Crippen molar-refractivity contribution in [1.29, 1.82) is 0 Å². The van der Waals surface area contributed by atoms with Gasteiger partial charge >= 0.3 is 12.4 Å². The summed E-state index contributed by atoms with van der Waals surface area (Å²) in [6.45, 7) is 0. The number of terminal acetylenes is 2. The summed E-state index contributed by atoms with van der Waals surface area (Å²) in [7, 11) is 0. The monoisotopic (exact) mass is 674 g/mol. The Labute approximate surface area is 271 Å². The fraction of sp³-hybridized carbons (Fsp3) is 0.0857. The van der Waals surface area contributed by atoms with Gasteiger partial charge in [-0.15, -0.1) is 12.8 Å². The van der Waals surface area contributed by atoms with Crippen molar-refractivity contribution in [2.75, 3.05) is 9.80 Å². The number of benzene rings is 4. The zero-order chi connectivity index (χ0) is 35.8. The lowest BCUT2D eigenvalue weighted by Gasteiger charge is -2.39. The second kappa shape index (κ2) is 10.7. The molecule has 4 aromatic rings. The number of carbonyl (C=O) groups excluding carboxylic acids is 4. The lowest BCUT2D eigenvalue weighted by Crippen LogP contribution is -2.55. The van der Waals surface area contributed by atoms with E-state index in [0.29, 0.717) is 12.1 Å². The zero-order valence-corrected chi connectivity index (χ0v) is 24.3. The molecule has 0 bridgehead atoms. The van der Waals surface area contributed by atoms with Crippen LogP contribution in [0.5, 0.6) is 11.5 Å². The predicted molar refractivity (Wildman–Crippen MR) is 160 cm³/mol. The van der Waals surface area contributed by atoms with Crippen LogP contribution in [0.2, 0.25) is 0 Å². The van der Waals surface area contributed by atoms with E-state index in [1.54, 1.807) is 0 Å². The van der Waals surface area contributed by atoms with E-state index in [4.69, 9.17) is 12.8 Å². The first-order valence-electron chi connectivity index (χ1n) is 13.8. The normalized spacial score (nSPS) is 14.5. The van der Waals surface area contributed by atoms with Gasteiger partial charge in [0.25, 0.3) is 23.6 Å². The van der Waals surface area contributed by atoms with Gasteiger partial charge in [0, 0.05) is 23.3 Å². The summed E-state index contributed by atoms with van der Waals surface area (Å²) in [6.07, 6.45) is -1.96. The maximum atomic E-state index is 15.2. The molecule has 2 aliphatic heterocycles. The van der Waals surface area contributed by atoms with Crippen LogP contribution in [-0.2, 0) is 5.41 Å². The van der Waals surface area contributed by atoms with Crippen LogP contribution in [-0.4, -0.2) is 46.2 Å². The summed E-state index contributed by atoms with van der Waals surface area (Å²) in [5, 5.41) is 21.0. The standard InChI is InChI=1S/C35H16F6N2O6/c1-3-17-5-7-25-27(9-17)31(48)42(29(25)46)21-11-19(13-23(44)15-21)33(34(36,37)38,35(39,40)41)20-12-22(16-24(45)14-20)43-30(47)26-8-6-18(4-2)10-28(26)32(43)49/h1-2,5-16,44-45H. The van der Waals surface area contributed by atoms with Crippen molar-refractivity contribution in [1.82, 2.24) is 0 Å². The number of hydrogen-bond donors (Lipinski definition) is 2. The van der Waals surface area contributed by atoms with Gasteiger partial charge in [0.15, 0.2) is 0 Å². The van der Waals surface area contributed by atoms with Gasteiger partial charge in [-0.3, -0.25) is 19.2 Å². The average molecular weight is 675 g/mol. The molecule has 0 unspecified atom stereocenters. The number of imide groups is 2. The molecule has 49 heavy (non-hydrogen) atoms. The summed E-state index contributed by atoms with van der Waals surface area (Å²) in [5.41, 5.74) is -11.0. The molecule has 244 valence electrons. The van der Waals surface area contributed by atoms with Crippen molar-refractivity contribution >= 4 is 35.0 Å². The molecule has 0 spiro atoms. The molecule has 2 aliphatic rings. The van der Waals surface area contributed by atoms with Crippen molar-refractivity contribution < 1.29 is 55.7 Å². The minimum Gasteiger partial charge on any atom is -0.508 e. The molecule has 4 amide bonds. The zero-order valence-electron chi connectivity index (χ0n) is 24.3. The Kier molecular flexibility index (Phi) is 7.11. The highest BCUT2D eigenvalue weighted by Crippen LogP contribution is 2.58. The number of phenolic OH excluding ortho intramolecular Hbond substituents is 2. The molecule has 2 heterocycles. The maximum Gasteiger partial charge on any atom is 0.411 e. The Bertz CT molecular complexity index is 2100. The minimum absolute atomic E-state index is 0.131. The van der Waals surface area contributed by atoms with Gasteiger partial charge in [0.05, 0.1) is 33.6 Å². The van der Waals surface area contributed by atoms with Crippen molar-refractivity contribution in [3.05, 3.63) is 117 Å². The second-order valence-corrected chi connectivity index (χ2v) is 10.9. The number of alkyl halides is 6. The molecule has 0 radical (unpaired) electrons. The molecule has 6 rings (SSSR count). The van der Waals surface area contributed by atoms with Gasteiger partial charge < -0.3 is 10.2 Å². The van der Waals surface area contributed by atoms with Gasteiger partial charge in [-0.2, -0.15) is 26.3 Å². The second-order valence-electron chi connectivity index (χ2n) is 10.9. The third-order valence-corrected chi connectivity index (χ3v) is 8.14. The van der Waals surface area contributed by atoms with E-state index in [2.05, 4.69) is 11.8 Å². The lowest BCUT2D eigenvalue weighted by atomic mass is 9.72. The van der Waals surface area contributed by atoms with E-state index in [9.17, 15) is 29.4 Å². The van der Waals surface area contributed by atoms with Crippen LogP contribution >= 0.6 is 0 Å². The Morgan fingerprint density at radius 2 is 0.857 bits per heavy atom. The third-order valence-electron chi connectivity index (χ3n) is 8.14. The van der Waals surface area contributed by atoms with Crippen LogP contribution in [0, 0.1) is 24.7 Å². The fourth-order valence-electron chi connectivity index (χ4n) is 5.99. The van der Waals surface area contributed by atoms with E-state index >= 15 is 26.3 Å². The molecule has 14 heteroatoms. The van der Waals surface area contributed by atoms with Gasteiger partial charge in [-0.05, 0) is 71.8 Å². The molecule has 2 N–H and O–H groups in total. The lowest BCUT2D eigenvalue weighted by molar-refractivity contribution is -0.288. The number of fused-ring (bicyclic) bond motifs is 2. The van der Waals surface area contributed by atoms with Gasteiger partial charge in [0.2, 0.25) is 5.41 Å². The van der Waals surface area contributed by atoms with Crippen LogP contribution in [0.25, 0.3) is 0 Å². The SMILES string of the molecule is C#Cc1ccc2c(c1)C(=O)N(c1cc(O)cc(C(c3cc(O)cc(N4C(=O)c5ccc(C#C)cc5C4=O)c3)(C(F)(F)F)C(F)(F)F)c1)C2=O. The maximum absolute atomic E-state index is 15.2. The van der Waals surface area contributed by atoms with Crippen LogP contribution in [0.1, 0.15) is 63.7 Å². The number of rotatable bonds is 4. The number of carbonyl (C=O) groups is 4. The molecule has 0 fully saturated rings. The first-order chi connectivity index (χ1) is 22.9. The topological polar surface area (TPSA) is 115 Å². The molecule has 0 saturated carbocycles. The number of hydrogen-bond acceptors (Lipinski definition) is 6. The Morgan fingerprint density at radius 1 is 0.510 bits per heavy atom. The fourth-order valence-corrected chi connectivity index (χ4v) is 5.99. The number of nitrogens with zero attached hydrogens (tertiary/aromatic N) is 2. The molecular weight excluding hydrogens is 658 g/mol. The van der Waals surface area contributed by atoms with E-state index < -0.39 is 75.4 Å². The van der Waals surface area contributed by atoms with Crippen LogP contribution in [0.4, 0.5) is 37.7 Å². The molecule has 0 atom stereocenters. The van der Waals surface area contributed by atoms with Gasteiger partial charge in [-0.25, -0.2) is 9.80 Å². The van der Waals surface area contributed by atoms with Gasteiger partial charge in [0.1, 0.15) is 11.5 Å². The summed E-state index contributed by atoms with van der Waals surface area (Å²) in [5.74, 6) is -2.45. The largest absolute Gasteiger partial charge is 0.508 e. The molecule has 4 aromatic carbocycles. The summed E-state index contributed by atoms with van der Waals surface area (Å²) in [6, 6.07) is 9.16. The number of halogens is 6. The highest BCUT2D eigenvalue weighted by molar-refractivity contribution is 6.35. The quantitative estimate of drug-likeness (QED) is 0.154. The van der Waals surface area contributed by atoms with E-state index in [1.165, 1.54) is 12.1 Å². The molecule has 0 aromatic heterocycles. The van der Waals surface area contributed by atoms with Crippen LogP contribution < -0.4 is 9.80 Å².